The Balaban J connectivity index is 3.04. The molecule has 1 heterocycles. The van der Waals surface area contributed by atoms with Crippen molar-refractivity contribution in [1.82, 2.24) is 5.32 Å². The van der Waals surface area contributed by atoms with E-state index in [0.717, 1.165) is 31.3 Å². The van der Waals surface area contributed by atoms with Crippen LogP contribution in [0.3, 0.4) is 0 Å². The Morgan fingerprint density at radius 3 is 2.50 bits per heavy atom. The van der Waals surface area contributed by atoms with Gasteiger partial charge in [0.05, 0.1) is 0 Å². The summed E-state index contributed by atoms with van der Waals surface area (Å²) in [6, 6.07) is 0. The fourth-order valence-electron chi connectivity index (χ4n) is 2.25. The zero-order valence-electron chi connectivity index (χ0n) is 11.4. The number of allylic oxidation sites excluding steroid dienone is 3. The van der Waals surface area contributed by atoms with Crippen LogP contribution in [0, 0.1) is 0 Å². The normalized spacial score (nSPS) is 24.1. The van der Waals surface area contributed by atoms with E-state index < -0.39 is 14.7 Å². The van der Waals surface area contributed by atoms with E-state index in [4.69, 9.17) is 0 Å². The van der Waals surface area contributed by atoms with Crippen molar-refractivity contribution in [3.8, 4) is 0 Å². The molecule has 1 atom stereocenters. The van der Waals surface area contributed by atoms with Gasteiger partial charge >= 0.3 is 0 Å². The van der Waals surface area contributed by atoms with Crippen molar-refractivity contribution < 1.29 is 8.42 Å². The lowest BCUT2D eigenvalue weighted by Crippen LogP contribution is -2.50. The molecule has 0 aromatic carbocycles. The van der Waals surface area contributed by atoms with Crippen LogP contribution < -0.4 is 5.32 Å². The fourth-order valence-corrected chi connectivity index (χ4v) is 3.55. The average molecular weight is 269 g/mol. The summed E-state index contributed by atoms with van der Waals surface area (Å²) in [4.78, 5) is -1.05. The van der Waals surface area contributed by atoms with Crippen molar-refractivity contribution in [3.05, 3.63) is 36.1 Å². The van der Waals surface area contributed by atoms with Crippen LogP contribution in [0.25, 0.3) is 0 Å². The van der Waals surface area contributed by atoms with Crippen LogP contribution in [0.1, 0.15) is 39.5 Å². The summed E-state index contributed by atoms with van der Waals surface area (Å²) < 4.78 is 24.3. The van der Waals surface area contributed by atoms with Gasteiger partial charge < -0.3 is 5.32 Å². The third kappa shape index (κ3) is 3.05. The molecule has 3 nitrogen and oxygen atoms in total. The van der Waals surface area contributed by atoms with Crippen molar-refractivity contribution in [2.75, 3.05) is 6.26 Å². The second kappa shape index (κ2) is 6.23. The van der Waals surface area contributed by atoms with Crippen molar-refractivity contribution in [2.24, 2.45) is 0 Å². The molecular formula is C14H23NO2S. The van der Waals surface area contributed by atoms with Crippen LogP contribution in [-0.4, -0.2) is 19.5 Å². The quantitative estimate of drug-likeness (QED) is 0.595. The fraction of sp³-hybridized carbons (Fsp3) is 0.571. The molecule has 1 aliphatic heterocycles. The predicted molar refractivity (Wildman–Crippen MR) is 76.9 cm³/mol. The minimum atomic E-state index is -3.25. The van der Waals surface area contributed by atoms with Crippen molar-refractivity contribution in [3.63, 3.8) is 0 Å². The van der Waals surface area contributed by atoms with Crippen molar-refractivity contribution in [1.29, 1.82) is 0 Å². The number of rotatable bonds is 6. The smallest absolute Gasteiger partial charge is 0.180 e. The highest BCUT2D eigenvalue weighted by Crippen LogP contribution is 2.30. The van der Waals surface area contributed by atoms with E-state index in [-0.39, 0.29) is 0 Å². The average Bonchev–Trinajstić information content (AvgIpc) is 2.34. The second-order valence-electron chi connectivity index (χ2n) is 4.64. The Morgan fingerprint density at radius 2 is 2.06 bits per heavy atom. The van der Waals surface area contributed by atoms with E-state index in [9.17, 15) is 8.42 Å². The van der Waals surface area contributed by atoms with Crippen LogP contribution in [0.2, 0.25) is 0 Å². The Hall–Kier alpha value is -1.03. The number of hydrogen-bond acceptors (Lipinski definition) is 3. The van der Waals surface area contributed by atoms with Gasteiger partial charge in [-0.3, -0.25) is 0 Å². The molecule has 0 amide bonds. The van der Waals surface area contributed by atoms with E-state index in [1.54, 1.807) is 18.4 Å². The van der Waals surface area contributed by atoms with Crippen molar-refractivity contribution in [2.45, 2.75) is 44.4 Å². The molecule has 1 unspecified atom stereocenters. The zero-order chi connectivity index (χ0) is 13.6. The monoisotopic (exact) mass is 269 g/mol. The maximum Gasteiger partial charge on any atom is 0.180 e. The molecule has 18 heavy (non-hydrogen) atoms. The number of nitrogens with one attached hydrogen (secondary N) is 1. The molecule has 102 valence electrons. The molecule has 4 heteroatoms. The van der Waals surface area contributed by atoms with E-state index in [1.165, 1.54) is 6.26 Å². The molecule has 0 saturated heterocycles. The van der Waals surface area contributed by atoms with Crippen LogP contribution in [-0.2, 0) is 9.84 Å². The van der Waals surface area contributed by atoms with Gasteiger partial charge in [0.2, 0.25) is 0 Å². The van der Waals surface area contributed by atoms with Crippen LogP contribution in [0.15, 0.2) is 36.1 Å². The standard InChI is InChI=1S/C14H23NO2S/c1-4-6-7-10-13(5-2)14(18(3,16)17)11-8-9-12-15-14/h5,8-9,11-12,15H,4,6-7,10H2,1-3H3/b13-5-. The third-order valence-corrected chi connectivity index (χ3v) is 4.98. The third-order valence-electron chi connectivity index (χ3n) is 3.30. The van der Waals surface area contributed by atoms with Gasteiger partial charge in [-0.2, -0.15) is 0 Å². The number of sulfone groups is 1. The van der Waals surface area contributed by atoms with Crippen LogP contribution in [0.5, 0.6) is 0 Å². The molecule has 1 aliphatic rings. The molecule has 0 aliphatic carbocycles. The van der Waals surface area contributed by atoms with Gasteiger partial charge in [0, 0.05) is 6.26 Å². The number of dihydropyridines is 1. The lowest BCUT2D eigenvalue weighted by atomic mass is 9.98. The molecule has 0 radical (unpaired) electrons. The lowest BCUT2D eigenvalue weighted by molar-refractivity contribution is 0.546. The van der Waals surface area contributed by atoms with E-state index in [0.29, 0.717) is 0 Å². The summed E-state index contributed by atoms with van der Waals surface area (Å²) in [5.74, 6) is 0. The minimum Gasteiger partial charge on any atom is -0.366 e. The van der Waals surface area contributed by atoms with Gasteiger partial charge in [-0.15, -0.1) is 0 Å². The maximum atomic E-state index is 12.2. The highest BCUT2D eigenvalue weighted by molar-refractivity contribution is 7.92. The predicted octanol–water partition coefficient (Wildman–Crippen LogP) is 2.93. The molecule has 0 aromatic rings. The Kier molecular flexibility index (Phi) is 5.20. The Morgan fingerprint density at radius 1 is 1.33 bits per heavy atom. The van der Waals surface area contributed by atoms with E-state index in [1.807, 2.05) is 19.1 Å². The minimum absolute atomic E-state index is 0.808. The molecule has 0 fully saturated rings. The molecule has 1 N–H and O–H groups in total. The first-order valence-corrected chi connectivity index (χ1v) is 8.34. The molecule has 0 spiro atoms. The Labute approximate surface area is 111 Å². The van der Waals surface area contributed by atoms with Gasteiger partial charge in [-0.05, 0) is 43.7 Å². The first-order valence-electron chi connectivity index (χ1n) is 6.45. The van der Waals surface area contributed by atoms with E-state index in [2.05, 4.69) is 12.2 Å². The summed E-state index contributed by atoms with van der Waals surface area (Å²) in [6.45, 7) is 4.05. The van der Waals surface area contributed by atoms with Gasteiger partial charge in [0.1, 0.15) is 0 Å². The molecule has 1 rings (SSSR count). The second-order valence-corrected chi connectivity index (χ2v) is 6.83. The molecule has 0 saturated carbocycles. The highest BCUT2D eigenvalue weighted by atomic mass is 32.2. The Bertz CT molecular complexity index is 460. The zero-order valence-corrected chi connectivity index (χ0v) is 12.3. The number of unbranched alkanes of at least 4 members (excludes halogenated alkanes) is 2. The largest absolute Gasteiger partial charge is 0.366 e. The summed E-state index contributed by atoms with van der Waals surface area (Å²) in [6.07, 6.45) is 14.3. The maximum absolute atomic E-state index is 12.2. The lowest BCUT2D eigenvalue weighted by Gasteiger charge is -2.33. The van der Waals surface area contributed by atoms with Gasteiger partial charge in [0.25, 0.3) is 0 Å². The van der Waals surface area contributed by atoms with E-state index >= 15 is 0 Å². The summed E-state index contributed by atoms with van der Waals surface area (Å²) in [5.41, 5.74) is 0.930. The van der Waals surface area contributed by atoms with Gasteiger partial charge in [-0.1, -0.05) is 31.9 Å². The molecule has 0 aromatic heterocycles. The van der Waals surface area contributed by atoms with Crippen LogP contribution in [0.4, 0.5) is 0 Å². The topological polar surface area (TPSA) is 46.2 Å². The first-order chi connectivity index (χ1) is 8.48. The highest BCUT2D eigenvalue weighted by Gasteiger charge is 2.41. The molecule has 0 bridgehead atoms. The summed E-state index contributed by atoms with van der Waals surface area (Å²) >= 11 is 0. The number of hydrogen-bond donors (Lipinski definition) is 1. The van der Waals surface area contributed by atoms with Gasteiger partial charge in [-0.25, -0.2) is 8.42 Å². The summed E-state index contributed by atoms with van der Waals surface area (Å²) in [7, 11) is -3.25. The SMILES string of the molecule is C/C=C(/CCCCC)C1(S(C)(=O)=O)C=CC=CN1. The molecular weight excluding hydrogens is 246 g/mol. The summed E-state index contributed by atoms with van der Waals surface area (Å²) in [5, 5.41) is 3.03. The first kappa shape index (κ1) is 15.0. The van der Waals surface area contributed by atoms with Gasteiger partial charge in [0.15, 0.2) is 14.7 Å². The van der Waals surface area contributed by atoms with Crippen LogP contribution >= 0.6 is 0 Å². The van der Waals surface area contributed by atoms with Crippen molar-refractivity contribution >= 4 is 9.84 Å².